The SMILES string of the molecule is C=CCOc1ccc(C(O)=C2C(=O)C(=O)N(CCCN3CCOCC3)[C@@H]2c2ccc([N+](=O)[O-])cc2)cc1. The highest BCUT2D eigenvalue weighted by Crippen LogP contribution is 2.40. The predicted molar refractivity (Wildman–Crippen MR) is 136 cm³/mol. The Morgan fingerprint density at radius 1 is 1.11 bits per heavy atom. The van der Waals surface area contributed by atoms with E-state index in [0.717, 1.165) is 19.6 Å². The van der Waals surface area contributed by atoms with E-state index >= 15 is 0 Å². The van der Waals surface area contributed by atoms with Crippen LogP contribution in [0.25, 0.3) is 5.76 Å². The molecule has 1 amide bonds. The van der Waals surface area contributed by atoms with Crippen molar-refractivity contribution in [3.05, 3.63) is 88.0 Å². The van der Waals surface area contributed by atoms with Crippen molar-refractivity contribution in [2.24, 2.45) is 0 Å². The number of aliphatic hydroxyl groups is 1. The Bertz CT molecular complexity index is 1190. The number of carbonyl (C=O) groups excluding carboxylic acids is 2. The molecule has 10 heteroatoms. The van der Waals surface area contributed by atoms with Crippen molar-refractivity contribution in [1.29, 1.82) is 0 Å². The van der Waals surface area contributed by atoms with Crippen LogP contribution in [-0.2, 0) is 14.3 Å². The minimum Gasteiger partial charge on any atom is -0.507 e. The van der Waals surface area contributed by atoms with E-state index in [-0.39, 0.29) is 23.6 Å². The van der Waals surface area contributed by atoms with Crippen LogP contribution >= 0.6 is 0 Å². The van der Waals surface area contributed by atoms with Crippen molar-refractivity contribution >= 4 is 23.1 Å². The minimum absolute atomic E-state index is 0.0509. The Morgan fingerprint density at radius 3 is 2.41 bits per heavy atom. The highest BCUT2D eigenvalue weighted by Gasteiger charge is 2.45. The van der Waals surface area contributed by atoms with Gasteiger partial charge in [0.25, 0.3) is 17.4 Å². The van der Waals surface area contributed by atoms with E-state index < -0.39 is 22.7 Å². The van der Waals surface area contributed by atoms with Gasteiger partial charge in [-0.15, -0.1) is 0 Å². The number of hydrogen-bond donors (Lipinski definition) is 1. The molecule has 0 saturated carbocycles. The first-order valence-electron chi connectivity index (χ1n) is 12.1. The molecule has 2 aromatic rings. The van der Waals surface area contributed by atoms with E-state index in [2.05, 4.69) is 11.5 Å². The zero-order valence-electron chi connectivity index (χ0n) is 20.4. The molecule has 4 rings (SSSR count). The number of aliphatic hydroxyl groups excluding tert-OH is 1. The molecule has 2 heterocycles. The summed E-state index contributed by atoms with van der Waals surface area (Å²) in [6, 6.07) is 11.3. The van der Waals surface area contributed by atoms with Crippen LogP contribution in [0, 0.1) is 10.1 Å². The number of nitrogens with zero attached hydrogens (tertiary/aromatic N) is 3. The molecule has 1 atom stereocenters. The van der Waals surface area contributed by atoms with Gasteiger partial charge in [0.15, 0.2) is 0 Å². The highest BCUT2D eigenvalue weighted by atomic mass is 16.6. The summed E-state index contributed by atoms with van der Waals surface area (Å²) in [7, 11) is 0. The monoisotopic (exact) mass is 507 g/mol. The normalized spacial score (nSPS) is 19.7. The smallest absolute Gasteiger partial charge is 0.295 e. The maximum Gasteiger partial charge on any atom is 0.295 e. The molecule has 10 nitrogen and oxygen atoms in total. The number of amides is 1. The summed E-state index contributed by atoms with van der Waals surface area (Å²) in [6.45, 7) is 7.86. The van der Waals surface area contributed by atoms with Gasteiger partial charge in [-0.05, 0) is 48.4 Å². The van der Waals surface area contributed by atoms with Crippen molar-refractivity contribution in [2.75, 3.05) is 46.0 Å². The lowest BCUT2D eigenvalue weighted by Gasteiger charge is -2.29. The first-order chi connectivity index (χ1) is 17.9. The predicted octanol–water partition coefficient (Wildman–Crippen LogP) is 3.30. The van der Waals surface area contributed by atoms with Gasteiger partial charge in [0.05, 0.1) is 29.8 Å². The fraction of sp³-hybridized carbons (Fsp3) is 0.333. The van der Waals surface area contributed by atoms with Gasteiger partial charge in [0.2, 0.25) is 0 Å². The van der Waals surface area contributed by atoms with E-state index in [1.54, 1.807) is 30.3 Å². The maximum absolute atomic E-state index is 13.2. The third-order valence-electron chi connectivity index (χ3n) is 6.43. The molecule has 0 spiro atoms. The Balaban J connectivity index is 1.66. The third kappa shape index (κ3) is 5.87. The maximum atomic E-state index is 13.2. The van der Waals surface area contributed by atoms with Crippen LogP contribution in [0.5, 0.6) is 5.75 Å². The second kappa shape index (κ2) is 11.8. The van der Waals surface area contributed by atoms with Crippen molar-refractivity contribution in [3.8, 4) is 5.75 Å². The highest BCUT2D eigenvalue weighted by molar-refractivity contribution is 6.46. The number of rotatable bonds is 10. The molecule has 2 fully saturated rings. The Kier molecular flexibility index (Phi) is 8.32. The Morgan fingerprint density at radius 2 is 1.78 bits per heavy atom. The molecule has 1 N–H and O–H groups in total. The molecule has 0 aromatic heterocycles. The van der Waals surface area contributed by atoms with Gasteiger partial charge in [0.1, 0.15) is 18.1 Å². The van der Waals surface area contributed by atoms with E-state index in [1.807, 2.05) is 0 Å². The molecule has 0 bridgehead atoms. The number of hydrogen-bond acceptors (Lipinski definition) is 8. The summed E-state index contributed by atoms with van der Waals surface area (Å²) < 4.78 is 10.9. The molecule has 2 aliphatic heterocycles. The van der Waals surface area contributed by atoms with Crippen molar-refractivity contribution in [2.45, 2.75) is 12.5 Å². The van der Waals surface area contributed by atoms with Gasteiger partial charge >= 0.3 is 0 Å². The fourth-order valence-corrected chi connectivity index (χ4v) is 4.54. The van der Waals surface area contributed by atoms with Crippen LogP contribution in [0.15, 0.2) is 66.8 Å². The molecule has 37 heavy (non-hydrogen) atoms. The van der Waals surface area contributed by atoms with Crippen LogP contribution in [0.1, 0.15) is 23.6 Å². The number of non-ortho nitro benzene ring substituents is 1. The van der Waals surface area contributed by atoms with E-state index in [4.69, 9.17) is 9.47 Å². The van der Waals surface area contributed by atoms with Crippen molar-refractivity contribution < 1.29 is 29.1 Å². The first kappa shape index (κ1) is 26.1. The number of nitro groups is 1. The average Bonchev–Trinajstić information content (AvgIpc) is 3.17. The lowest BCUT2D eigenvalue weighted by atomic mass is 9.95. The first-order valence-corrected chi connectivity index (χ1v) is 12.1. The standard InChI is InChI=1S/C27H29N3O7/c1-2-16-37-22-10-6-20(7-11-22)25(31)23-24(19-4-8-21(9-5-19)30(34)35)29(27(33)26(23)32)13-3-12-28-14-17-36-18-15-28/h2,4-11,24,31H,1,3,12-18H2/t24-/m1/s1. The summed E-state index contributed by atoms with van der Waals surface area (Å²) >= 11 is 0. The third-order valence-corrected chi connectivity index (χ3v) is 6.43. The average molecular weight is 508 g/mol. The van der Waals surface area contributed by atoms with Crippen LogP contribution in [0.3, 0.4) is 0 Å². The summed E-state index contributed by atoms with van der Waals surface area (Å²) in [4.78, 5) is 40.6. The van der Waals surface area contributed by atoms with E-state index in [1.165, 1.54) is 29.2 Å². The van der Waals surface area contributed by atoms with Crippen LogP contribution in [-0.4, -0.2) is 77.5 Å². The van der Waals surface area contributed by atoms with Gasteiger partial charge in [-0.3, -0.25) is 24.6 Å². The topological polar surface area (TPSA) is 122 Å². The molecule has 194 valence electrons. The minimum atomic E-state index is -0.873. The molecular weight excluding hydrogens is 478 g/mol. The van der Waals surface area contributed by atoms with E-state index in [9.17, 15) is 24.8 Å². The molecular formula is C27H29N3O7. The van der Waals surface area contributed by atoms with Gasteiger partial charge in [0, 0.05) is 43.9 Å². The van der Waals surface area contributed by atoms with Gasteiger partial charge in [-0.2, -0.15) is 0 Å². The molecule has 0 aliphatic carbocycles. The second-order valence-corrected chi connectivity index (χ2v) is 8.77. The number of ketones is 1. The van der Waals surface area contributed by atoms with Gasteiger partial charge < -0.3 is 19.5 Å². The van der Waals surface area contributed by atoms with Gasteiger partial charge in [-0.25, -0.2) is 0 Å². The molecule has 2 saturated heterocycles. The molecule has 2 aromatic carbocycles. The summed E-state index contributed by atoms with van der Waals surface area (Å²) in [5.74, 6) is -1.25. The number of Topliss-reactive ketones (excluding diaryl/α,β-unsaturated/α-hetero) is 1. The van der Waals surface area contributed by atoms with Crippen LogP contribution < -0.4 is 4.74 Å². The number of carbonyl (C=O) groups is 2. The zero-order chi connectivity index (χ0) is 26.4. The fourth-order valence-electron chi connectivity index (χ4n) is 4.54. The van der Waals surface area contributed by atoms with E-state index in [0.29, 0.717) is 43.1 Å². The lowest BCUT2D eigenvalue weighted by Crippen LogP contribution is -2.38. The second-order valence-electron chi connectivity index (χ2n) is 8.77. The summed E-state index contributed by atoms with van der Waals surface area (Å²) in [5.41, 5.74) is 0.695. The number of morpholine rings is 1. The largest absolute Gasteiger partial charge is 0.507 e. The van der Waals surface area contributed by atoms with Crippen molar-refractivity contribution in [3.63, 3.8) is 0 Å². The summed E-state index contributed by atoms with van der Waals surface area (Å²) in [6.07, 6.45) is 2.23. The van der Waals surface area contributed by atoms with Gasteiger partial charge in [-0.1, -0.05) is 12.7 Å². The van der Waals surface area contributed by atoms with Crippen LogP contribution in [0.4, 0.5) is 5.69 Å². The Hall–Kier alpha value is -4.02. The number of ether oxygens (including phenoxy) is 2. The molecule has 0 unspecified atom stereocenters. The molecule has 0 radical (unpaired) electrons. The zero-order valence-corrected chi connectivity index (χ0v) is 20.4. The summed E-state index contributed by atoms with van der Waals surface area (Å²) in [5, 5.41) is 22.3. The van der Waals surface area contributed by atoms with Crippen LogP contribution in [0.2, 0.25) is 0 Å². The molecule has 2 aliphatic rings. The van der Waals surface area contributed by atoms with Crippen molar-refractivity contribution in [1.82, 2.24) is 9.80 Å². The quantitative estimate of drug-likeness (QED) is 0.130. The number of likely N-dealkylation sites (tertiary alicyclic amines) is 1. The lowest BCUT2D eigenvalue weighted by molar-refractivity contribution is -0.384. The Labute approximate surface area is 214 Å². The number of benzene rings is 2. The number of nitro benzene ring substituents is 1.